The highest BCUT2D eigenvalue weighted by molar-refractivity contribution is 7.10. The van der Waals surface area contributed by atoms with Gasteiger partial charge in [-0.3, -0.25) is 9.59 Å². The molecule has 2 heterocycles. The van der Waals surface area contributed by atoms with Gasteiger partial charge in [0, 0.05) is 17.0 Å². The van der Waals surface area contributed by atoms with E-state index < -0.39 is 17.7 Å². The van der Waals surface area contributed by atoms with E-state index in [4.69, 9.17) is 32.7 Å². The summed E-state index contributed by atoms with van der Waals surface area (Å²) in [6.07, 6.45) is -0.00871. The predicted octanol–water partition coefficient (Wildman–Crippen LogP) is 4.91. The minimum atomic E-state index is -0.765. The van der Waals surface area contributed by atoms with Crippen LogP contribution in [-0.4, -0.2) is 48.1 Å². The van der Waals surface area contributed by atoms with Crippen molar-refractivity contribution in [3.8, 4) is 5.75 Å². The van der Waals surface area contributed by atoms with Crippen molar-refractivity contribution in [3.63, 3.8) is 0 Å². The Kier molecular flexibility index (Phi) is 7.08. The molecule has 2 aromatic rings. The second kappa shape index (κ2) is 9.39. The molecule has 1 fully saturated rings. The van der Waals surface area contributed by atoms with Crippen LogP contribution in [0.25, 0.3) is 5.76 Å². The molecule has 1 aromatic heterocycles. The zero-order valence-corrected chi connectivity index (χ0v) is 19.0. The number of likely N-dealkylation sites (tertiary alicyclic amines) is 1. The first-order valence-corrected chi connectivity index (χ1v) is 10.9. The smallest absolute Gasteiger partial charge is 0.295 e. The molecule has 1 N–H and O–H groups in total. The molecule has 3 rings (SSSR count). The Balaban J connectivity index is 2.09. The number of halogens is 2. The molecular weight excluding hydrogens is 449 g/mol. The fourth-order valence-electron chi connectivity index (χ4n) is 3.29. The van der Waals surface area contributed by atoms with Crippen LogP contribution in [0.1, 0.15) is 30.3 Å². The van der Waals surface area contributed by atoms with Gasteiger partial charge in [-0.1, -0.05) is 29.3 Å². The van der Waals surface area contributed by atoms with E-state index in [0.717, 1.165) is 4.88 Å². The van der Waals surface area contributed by atoms with Crippen molar-refractivity contribution < 1.29 is 24.2 Å². The number of ketones is 1. The molecular formula is C21H21Cl2NO5S. The standard InChI is InChI=1S/C21H21Cl2NO5S/c1-11(2)29-7-6-24-17(15-5-4-8-30-15)16(19(26)21(24)27)18(25)12-9-13(22)20(28-3)14(23)10-12/h4-5,8-11,17,25H,6-7H2,1-3H3/b18-16-. The van der Waals surface area contributed by atoms with Gasteiger partial charge in [-0.25, -0.2) is 0 Å². The van der Waals surface area contributed by atoms with Gasteiger partial charge in [0.25, 0.3) is 11.7 Å². The van der Waals surface area contributed by atoms with Gasteiger partial charge >= 0.3 is 0 Å². The summed E-state index contributed by atoms with van der Waals surface area (Å²) in [6.45, 7) is 4.27. The fraction of sp³-hybridized carbons (Fsp3) is 0.333. The Morgan fingerprint density at radius 1 is 1.27 bits per heavy atom. The number of hydrogen-bond acceptors (Lipinski definition) is 6. The van der Waals surface area contributed by atoms with E-state index in [0.29, 0.717) is 0 Å². The van der Waals surface area contributed by atoms with Crippen LogP contribution in [0.4, 0.5) is 0 Å². The summed E-state index contributed by atoms with van der Waals surface area (Å²) in [5, 5.41) is 13.2. The molecule has 1 saturated heterocycles. The highest BCUT2D eigenvalue weighted by atomic mass is 35.5. The lowest BCUT2D eigenvalue weighted by atomic mass is 10.00. The van der Waals surface area contributed by atoms with Crippen LogP contribution in [0.15, 0.2) is 35.2 Å². The van der Waals surface area contributed by atoms with Crippen LogP contribution >= 0.6 is 34.5 Å². The van der Waals surface area contributed by atoms with Gasteiger partial charge in [0.1, 0.15) is 5.76 Å². The lowest BCUT2D eigenvalue weighted by Crippen LogP contribution is -2.33. The second-order valence-electron chi connectivity index (χ2n) is 6.90. The summed E-state index contributed by atoms with van der Waals surface area (Å²) in [6, 6.07) is 5.82. The molecule has 160 valence electrons. The number of carbonyl (C=O) groups excluding carboxylic acids is 2. The van der Waals surface area contributed by atoms with Crippen LogP contribution in [0, 0.1) is 0 Å². The number of aliphatic hydroxyl groups excluding tert-OH is 1. The topological polar surface area (TPSA) is 76.1 Å². The summed E-state index contributed by atoms with van der Waals surface area (Å²) >= 11 is 13.8. The molecule has 1 aliphatic heterocycles. The van der Waals surface area contributed by atoms with Gasteiger partial charge in [0.2, 0.25) is 0 Å². The third-order valence-corrected chi connectivity index (χ3v) is 6.10. The SMILES string of the molecule is COc1c(Cl)cc(/C(O)=C2/C(=O)C(=O)N(CCOC(C)C)C2c2cccs2)cc1Cl. The summed E-state index contributed by atoms with van der Waals surface area (Å²) in [5.74, 6) is -1.53. The number of aliphatic hydroxyl groups is 1. The van der Waals surface area contributed by atoms with Crippen molar-refractivity contribution in [2.24, 2.45) is 0 Å². The number of rotatable bonds is 7. The van der Waals surface area contributed by atoms with Crippen molar-refractivity contribution in [2.75, 3.05) is 20.3 Å². The molecule has 1 atom stereocenters. The van der Waals surface area contributed by atoms with Gasteiger partial charge in [0.05, 0.1) is 41.5 Å². The lowest BCUT2D eigenvalue weighted by Gasteiger charge is -2.24. The largest absolute Gasteiger partial charge is 0.507 e. The molecule has 1 aromatic carbocycles. The summed E-state index contributed by atoms with van der Waals surface area (Å²) in [5.41, 5.74) is 0.216. The highest BCUT2D eigenvalue weighted by Gasteiger charge is 2.46. The maximum absolute atomic E-state index is 12.9. The second-order valence-corrected chi connectivity index (χ2v) is 8.69. The summed E-state index contributed by atoms with van der Waals surface area (Å²) in [4.78, 5) is 27.8. The minimum absolute atomic E-state index is 0.00871. The normalized spacial score (nSPS) is 18.5. The fourth-order valence-corrected chi connectivity index (χ4v) is 4.77. The predicted molar refractivity (Wildman–Crippen MR) is 117 cm³/mol. The van der Waals surface area contributed by atoms with Gasteiger partial charge in [-0.05, 0) is 37.4 Å². The summed E-state index contributed by atoms with van der Waals surface area (Å²) < 4.78 is 10.7. The van der Waals surface area contributed by atoms with E-state index in [9.17, 15) is 14.7 Å². The van der Waals surface area contributed by atoms with Crippen LogP contribution in [0.5, 0.6) is 5.75 Å². The van der Waals surface area contributed by atoms with Gasteiger partial charge in [0.15, 0.2) is 5.75 Å². The number of nitrogens with zero attached hydrogens (tertiary/aromatic N) is 1. The first kappa shape index (κ1) is 22.6. The van der Waals surface area contributed by atoms with Crippen molar-refractivity contribution >= 4 is 52.0 Å². The molecule has 1 aliphatic rings. The van der Waals surface area contributed by atoms with E-state index in [1.165, 1.54) is 35.5 Å². The van der Waals surface area contributed by atoms with E-state index in [1.54, 1.807) is 0 Å². The molecule has 6 nitrogen and oxygen atoms in total. The van der Waals surface area contributed by atoms with Crippen molar-refractivity contribution in [2.45, 2.75) is 26.0 Å². The molecule has 1 amide bonds. The molecule has 1 unspecified atom stereocenters. The Morgan fingerprint density at radius 3 is 2.47 bits per heavy atom. The van der Waals surface area contributed by atoms with E-state index >= 15 is 0 Å². The Morgan fingerprint density at radius 2 is 1.93 bits per heavy atom. The van der Waals surface area contributed by atoms with Crippen LogP contribution in [-0.2, 0) is 14.3 Å². The van der Waals surface area contributed by atoms with E-state index in [2.05, 4.69) is 0 Å². The molecule has 0 radical (unpaired) electrons. The monoisotopic (exact) mass is 469 g/mol. The third kappa shape index (κ3) is 4.34. The van der Waals surface area contributed by atoms with E-state index in [-0.39, 0.29) is 51.9 Å². The van der Waals surface area contributed by atoms with E-state index in [1.807, 2.05) is 31.4 Å². The average molecular weight is 470 g/mol. The van der Waals surface area contributed by atoms with Gasteiger partial charge < -0.3 is 19.5 Å². The number of benzene rings is 1. The Bertz CT molecular complexity index is 964. The maximum atomic E-state index is 12.9. The first-order chi connectivity index (χ1) is 14.3. The highest BCUT2D eigenvalue weighted by Crippen LogP contribution is 2.42. The number of thiophene rings is 1. The minimum Gasteiger partial charge on any atom is -0.507 e. The summed E-state index contributed by atoms with van der Waals surface area (Å²) in [7, 11) is 1.42. The number of ether oxygens (including phenoxy) is 2. The number of hydrogen-bond donors (Lipinski definition) is 1. The lowest BCUT2D eigenvalue weighted by molar-refractivity contribution is -0.140. The number of methoxy groups -OCH3 is 1. The average Bonchev–Trinajstić information content (AvgIpc) is 3.29. The van der Waals surface area contributed by atoms with Crippen molar-refractivity contribution in [1.82, 2.24) is 4.90 Å². The number of Topliss-reactive ketones (excluding diaryl/α,β-unsaturated/α-hetero) is 1. The van der Waals surface area contributed by atoms with Crippen LogP contribution in [0.2, 0.25) is 10.0 Å². The first-order valence-electron chi connectivity index (χ1n) is 9.23. The zero-order valence-electron chi connectivity index (χ0n) is 16.6. The van der Waals surface area contributed by atoms with Crippen molar-refractivity contribution in [1.29, 1.82) is 0 Å². The zero-order chi connectivity index (χ0) is 22.0. The van der Waals surface area contributed by atoms with Crippen LogP contribution < -0.4 is 4.74 Å². The van der Waals surface area contributed by atoms with Gasteiger partial charge in [-0.15, -0.1) is 11.3 Å². The van der Waals surface area contributed by atoms with Gasteiger partial charge in [-0.2, -0.15) is 0 Å². The molecule has 9 heteroatoms. The molecule has 0 saturated carbocycles. The number of amides is 1. The quantitative estimate of drug-likeness (QED) is 0.354. The molecule has 30 heavy (non-hydrogen) atoms. The Hall–Kier alpha value is -2.06. The molecule has 0 spiro atoms. The molecule has 0 bridgehead atoms. The molecule has 0 aliphatic carbocycles. The third-order valence-electron chi connectivity index (χ3n) is 4.61. The maximum Gasteiger partial charge on any atom is 0.295 e. The Labute approximate surface area is 188 Å². The number of carbonyl (C=O) groups is 2. The van der Waals surface area contributed by atoms with Crippen molar-refractivity contribution in [3.05, 3.63) is 55.7 Å². The van der Waals surface area contributed by atoms with Crippen LogP contribution in [0.3, 0.4) is 0 Å².